The standard InChI is InChI=1S/C5H10O3S/c1-2-3-4-5(6)9(7)8/h9H,2-4H2,1H3. The zero-order valence-electron chi connectivity index (χ0n) is 5.29. The second-order valence-electron chi connectivity index (χ2n) is 1.75. The van der Waals surface area contributed by atoms with Gasteiger partial charge in [-0.15, -0.1) is 0 Å². The van der Waals surface area contributed by atoms with Gasteiger partial charge in [0.05, 0.1) is 0 Å². The molecule has 0 amide bonds. The van der Waals surface area contributed by atoms with E-state index in [1.807, 2.05) is 6.92 Å². The van der Waals surface area contributed by atoms with Crippen molar-refractivity contribution in [1.82, 2.24) is 0 Å². The topological polar surface area (TPSA) is 51.2 Å². The molecule has 0 spiro atoms. The van der Waals surface area contributed by atoms with Gasteiger partial charge in [-0.05, 0) is 6.42 Å². The third-order valence-electron chi connectivity index (χ3n) is 0.948. The SMILES string of the molecule is CCCCC(=O)[SH](=O)=O. The molecule has 0 heterocycles. The molecule has 0 N–H and O–H groups in total. The predicted octanol–water partition coefficient (Wildman–Crippen LogP) is 0.315. The van der Waals surface area contributed by atoms with E-state index in [2.05, 4.69) is 0 Å². The summed E-state index contributed by atoms with van der Waals surface area (Å²) in [6, 6.07) is 0. The molecule has 0 atom stereocenters. The molecule has 0 fully saturated rings. The zero-order valence-corrected chi connectivity index (χ0v) is 6.19. The van der Waals surface area contributed by atoms with Gasteiger partial charge in [0.15, 0.2) is 0 Å². The van der Waals surface area contributed by atoms with E-state index >= 15 is 0 Å². The van der Waals surface area contributed by atoms with Crippen LogP contribution in [0.4, 0.5) is 0 Å². The van der Waals surface area contributed by atoms with Crippen molar-refractivity contribution in [3.8, 4) is 0 Å². The van der Waals surface area contributed by atoms with Crippen LogP contribution in [0.25, 0.3) is 0 Å². The van der Waals surface area contributed by atoms with Gasteiger partial charge in [-0.25, -0.2) is 8.42 Å². The van der Waals surface area contributed by atoms with Crippen molar-refractivity contribution in [1.29, 1.82) is 0 Å². The Kier molecular flexibility index (Phi) is 4.30. The van der Waals surface area contributed by atoms with E-state index in [1.54, 1.807) is 0 Å². The third-order valence-corrected chi connectivity index (χ3v) is 1.58. The fourth-order valence-electron chi connectivity index (χ4n) is 0.419. The first-order valence-electron chi connectivity index (χ1n) is 2.85. The van der Waals surface area contributed by atoms with Crippen molar-refractivity contribution in [3.63, 3.8) is 0 Å². The van der Waals surface area contributed by atoms with E-state index in [0.29, 0.717) is 6.42 Å². The smallest absolute Gasteiger partial charge is 0.243 e. The summed E-state index contributed by atoms with van der Waals surface area (Å²) in [7, 11) is -2.81. The molecule has 0 saturated carbocycles. The fraction of sp³-hybridized carbons (Fsp3) is 0.800. The van der Waals surface area contributed by atoms with Gasteiger partial charge in [-0.2, -0.15) is 0 Å². The quantitative estimate of drug-likeness (QED) is 0.589. The molecule has 0 bridgehead atoms. The van der Waals surface area contributed by atoms with Crippen LogP contribution in [0, 0.1) is 0 Å². The first kappa shape index (κ1) is 8.62. The predicted molar refractivity (Wildman–Crippen MR) is 34.8 cm³/mol. The van der Waals surface area contributed by atoms with Crippen molar-refractivity contribution in [3.05, 3.63) is 0 Å². The number of unbranched alkanes of at least 4 members (excludes halogenated alkanes) is 1. The van der Waals surface area contributed by atoms with Crippen molar-refractivity contribution in [2.45, 2.75) is 26.2 Å². The highest BCUT2D eigenvalue weighted by Crippen LogP contribution is 1.94. The molecule has 0 aliphatic heterocycles. The van der Waals surface area contributed by atoms with Gasteiger partial charge in [0.2, 0.25) is 15.8 Å². The van der Waals surface area contributed by atoms with Crippen molar-refractivity contribution in [2.24, 2.45) is 0 Å². The van der Waals surface area contributed by atoms with Crippen LogP contribution in [0.1, 0.15) is 26.2 Å². The molecule has 54 valence electrons. The molecular weight excluding hydrogens is 140 g/mol. The van der Waals surface area contributed by atoms with E-state index in [1.165, 1.54) is 0 Å². The van der Waals surface area contributed by atoms with Crippen LogP contribution in [-0.4, -0.2) is 13.5 Å². The molecule has 0 aromatic carbocycles. The summed E-state index contributed by atoms with van der Waals surface area (Å²) >= 11 is 0. The molecule has 0 aromatic rings. The fourth-order valence-corrected chi connectivity index (χ4v) is 0.760. The van der Waals surface area contributed by atoms with E-state index in [4.69, 9.17) is 0 Å². The highest BCUT2D eigenvalue weighted by Gasteiger charge is 2.00. The number of carbonyl (C=O) groups excluding carboxylic acids is 1. The number of rotatable bonds is 3. The lowest BCUT2D eigenvalue weighted by atomic mass is 10.3. The Bertz CT molecular complexity index is 152. The molecule has 9 heavy (non-hydrogen) atoms. The Balaban J connectivity index is 3.52. The molecule has 0 unspecified atom stereocenters. The third kappa shape index (κ3) is 4.14. The molecule has 3 nitrogen and oxygen atoms in total. The highest BCUT2D eigenvalue weighted by molar-refractivity contribution is 7.89. The summed E-state index contributed by atoms with van der Waals surface area (Å²) in [5, 5.41) is -0.646. The number of hydrogen-bond donors (Lipinski definition) is 1. The van der Waals surface area contributed by atoms with Crippen molar-refractivity contribution >= 4 is 15.8 Å². The summed E-state index contributed by atoms with van der Waals surface area (Å²) in [4.78, 5) is 10.3. The van der Waals surface area contributed by atoms with Crippen LogP contribution in [0.3, 0.4) is 0 Å². The van der Waals surface area contributed by atoms with E-state index in [0.717, 1.165) is 6.42 Å². The number of thiol groups is 1. The Labute approximate surface area is 56.0 Å². The molecule has 0 rings (SSSR count). The van der Waals surface area contributed by atoms with Crippen molar-refractivity contribution < 1.29 is 13.2 Å². The minimum absolute atomic E-state index is 0.176. The average Bonchev–Trinajstić information content (AvgIpc) is 1.82. The van der Waals surface area contributed by atoms with Crippen molar-refractivity contribution in [2.75, 3.05) is 0 Å². The maximum Gasteiger partial charge on any atom is 0.243 e. The summed E-state index contributed by atoms with van der Waals surface area (Å²) in [6.45, 7) is 1.91. The van der Waals surface area contributed by atoms with Gasteiger partial charge in [-0.1, -0.05) is 13.3 Å². The van der Waals surface area contributed by atoms with Gasteiger partial charge < -0.3 is 0 Å². The lowest BCUT2D eigenvalue weighted by Crippen LogP contribution is -1.97. The van der Waals surface area contributed by atoms with Crippen LogP contribution < -0.4 is 0 Å². The van der Waals surface area contributed by atoms with Gasteiger partial charge >= 0.3 is 0 Å². The number of carbonyl (C=O) groups is 1. The Morgan fingerprint density at radius 2 is 2.00 bits per heavy atom. The normalized spacial score (nSPS) is 10.0. The molecule has 0 saturated heterocycles. The maximum absolute atomic E-state index is 10.3. The minimum atomic E-state index is -2.81. The van der Waals surface area contributed by atoms with Gasteiger partial charge in [0, 0.05) is 6.42 Å². The summed E-state index contributed by atoms with van der Waals surface area (Å²) < 4.78 is 19.8. The average molecular weight is 150 g/mol. The van der Waals surface area contributed by atoms with Crippen LogP contribution in [0.15, 0.2) is 0 Å². The molecule has 0 aromatic heterocycles. The van der Waals surface area contributed by atoms with Crippen LogP contribution >= 0.6 is 0 Å². The first-order valence-corrected chi connectivity index (χ1v) is 4.03. The second kappa shape index (κ2) is 4.49. The van der Waals surface area contributed by atoms with Crippen LogP contribution in [0.2, 0.25) is 0 Å². The minimum Gasteiger partial charge on any atom is -0.282 e. The van der Waals surface area contributed by atoms with E-state index in [9.17, 15) is 13.2 Å². The molecule has 0 aliphatic carbocycles. The largest absolute Gasteiger partial charge is 0.282 e. The van der Waals surface area contributed by atoms with Gasteiger partial charge in [-0.3, -0.25) is 4.79 Å². The Morgan fingerprint density at radius 1 is 1.44 bits per heavy atom. The zero-order chi connectivity index (χ0) is 7.28. The summed E-state index contributed by atoms with van der Waals surface area (Å²) in [5.74, 6) is 0. The lowest BCUT2D eigenvalue weighted by Gasteiger charge is -1.86. The Morgan fingerprint density at radius 3 is 2.33 bits per heavy atom. The second-order valence-corrected chi connectivity index (χ2v) is 2.77. The lowest BCUT2D eigenvalue weighted by molar-refractivity contribution is -0.111. The molecule has 0 aliphatic rings. The first-order chi connectivity index (χ1) is 4.18. The molecule has 4 heteroatoms. The molecular formula is C5H10O3S. The Hall–Kier alpha value is -0.380. The monoisotopic (exact) mass is 150 g/mol. The highest BCUT2D eigenvalue weighted by atomic mass is 32.2. The van der Waals surface area contributed by atoms with Gasteiger partial charge in [0.25, 0.3) is 0 Å². The molecule has 0 radical (unpaired) electrons. The maximum atomic E-state index is 10.3. The van der Waals surface area contributed by atoms with E-state index in [-0.39, 0.29) is 6.42 Å². The summed E-state index contributed by atoms with van der Waals surface area (Å²) in [5.41, 5.74) is 0. The van der Waals surface area contributed by atoms with Crippen LogP contribution in [-0.2, 0) is 15.5 Å². The van der Waals surface area contributed by atoms with E-state index < -0.39 is 15.8 Å². The summed E-state index contributed by atoms with van der Waals surface area (Å²) in [6.07, 6.45) is 1.70. The van der Waals surface area contributed by atoms with Gasteiger partial charge in [0.1, 0.15) is 0 Å². The number of hydrogen-bond acceptors (Lipinski definition) is 3. The van der Waals surface area contributed by atoms with Crippen LogP contribution in [0.5, 0.6) is 0 Å².